The Morgan fingerprint density at radius 3 is 2.63 bits per heavy atom. The minimum atomic E-state index is -0.114. The summed E-state index contributed by atoms with van der Waals surface area (Å²) in [5.41, 5.74) is 0.801. The smallest absolute Gasteiger partial charge is 0.265 e. The van der Waals surface area contributed by atoms with Crippen molar-refractivity contribution in [1.82, 2.24) is 9.80 Å². The molecule has 1 aromatic carbocycles. The molecular formula is C19H22N2O4S2. The number of rotatable bonds is 5. The Bertz CT molecular complexity index is 788. The van der Waals surface area contributed by atoms with E-state index < -0.39 is 0 Å². The second kappa shape index (κ2) is 8.75. The van der Waals surface area contributed by atoms with Gasteiger partial charge in [0, 0.05) is 20.1 Å². The number of thioether (sulfide) groups is 1. The molecule has 1 aromatic rings. The van der Waals surface area contributed by atoms with E-state index in [9.17, 15) is 9.59 Å². The van der Waals surface area contributed by atoms with E-state index in [1.165, 1.54) is 23.1 Å². The van der Waals surface area contributed by atoms with Crippen LogP contribution in [0, 0.1) is 0 Å². The molecule has 3 rings (SSSR count). The number of thiocarbonyl (C=S) groups is 1. The Morgan fingerprint density at radius 1 is 1.26 bits per heavy atom. The molecule has 2 aliphatic rings. The highest BCUT2D eigenvalue weighted by Crippen LogP contribution is 2.34. The van der Waals surface area contributed by atoms with E-state index in [2.05, 4.69) is 0 Å². The van der Waals surface area contributed by atoms with Crippen molar-refractivity contribution in [2.24, 2.45) is 0 Å². The Morgan fingerprint density at radius 2 is 2.00 bits per heavy atom. The number of hydrogen-bond donors (Lipinski definition) is 0. The van der Waals surface area contributed by atoms with Crippen LogP contribution >= 0.6 is 24.0 Å². The van der Waals surface area contributed by atoms with Gasteiger partial charge in [-0.15, -0.1) is 0 Å². The van der Waals surface area contributed by atoms with E-state index >= 15 is 0 Å². The second-order valence-corrected chi connectivity index (χ2v) is 8.06. The van der Waals surface area contributed by atoms with Gasteiger partial charge in [-0.05, 0) is 43.0 Å². The molecule has 0 atom stereocenters. The van der Waals surface area contributed by atoms with Crippen molar-refractivity contribution < 1.29 is 19.1 Å². The number of hydrogen-bond acceptors (Lipinski definition) is 6. The largest absolute Gasteiger partial charge is 0.493 e. The summed E-state index contributed by atoms with van der Waals surface area (Å²) in [5.74, 6) is 0.897. The lowest BCUT2D eigenvalue weighted by molar-refractivity contribution is -0.134. The summed E-state index contributed by atoms with van der Waals surface area (Å²) >= 11 is 6.41. The summed E-state index contributed by atoms with van der Waals surface area (Å²) in [6.07, 6.45) is 5.05. The van der Waals surface area contributed by atoms with Crippen LogP contribution in [0.15, 0.2) is 23.1 Å². The maximum Gasteiger partial charge on any atom is 0.265 e. The predicted molar refractivity (Wildman–Crippen MR) is 110 cm³/mol. The highest BCUT2D eigenvalue weighted by molar-refractivity contribution is 8.26. The Kier molecular flexibility index (Phi) is 6.38. The maximum absolute atomic E-state index is 12.3. The SMILES string of the molecule is COc1cc(/C=C2\SC(=S)N(C)C2=O)ccc1OCC(=O)N1CCCCC1. The molecular weight excluding hydrogens is 384 g/mol. The van der Waals surface area contributed by atoms with E-state index in [-0.39, 0.29) is 18.4 Å². The molecule has 2 heterocycles. The van der Waals surface area contributed by atoms with Crippen LogP contribution in [-0.2, 0) is 9.59 Å². The molecule has 2 saturated heterocycles. The summed E-state index contributed by atoms with van der Waals surface area (Å²) in [6, 6.07) is 5.36. The van der Waals surface area contributed by atoms with E-state index in [4.69, 9.17) is 21.7 Å². The zero-order valence-corrected chi connectivity index (χ0v) is 17.0. The average molecular weight is 407 g/mol. The number of likely N-dealkylation sites (N-methyl/N-ethyl adjacent to an activating group) is 1. The molecule has 2 amide bonds. The molecule has 8 heteroatoms. The van der Waals surface area contributed by atoms with Crippen LogP contribution in [-0.4, -0.2) is 59.8 Å². The highest BCUT2D eigenvalue weighted by atomic mass is 32.2. The molecule has 0 aliphatic carbocycles. The molecule has 0 bridgehead atoms. The number of carbonyl (C=O) groups is 2. The van der Waals surface area contributed by atoms with Crippen LogP contribution in [0.1, 0.15) is 24.8 Å². The normalized spacial score (nSPS) is 19.0. The molecule has 0 N–H and O–H groups in total. The molecule has 0 unspecified atom stereocenters. The zero-order chi connectivity index (χ0) is 19.4. The summed E-state index contributed by atoms with van der Waals surface area (Å²) in [6.45, 7) is 1.59. The number of likely N-dealkylation sites (tertiary alicyclic amines) is 1. The summed E-state index contributed by atoms with van der Waals surface area (Å²) in [5, 5.41) is 0. The lowest BCUT2D eigenvalue weighted by atomic mass is 10.1. The van der Waals surface area contributed by atoms with E-state index in [1.807, 2.05) is 11.0 Å². The number of piperidine rings is 1. The molecule has 2 aliphatic heterocycles. The molecule has 6 nitrogen and oxygen atoms in total. The van der Waals surface area contributed by atoms with Crippen LogP contribution in [0.4, 0.5) is 0 Å². The minimum Gasteiger partial charge on any atom is -0.493 e. The van der Waals surface area contributed by atoms with E-state index in [0.29, 0.717) is 20.7 Å². The third-order valence-electron chi connectivity index (χ3n) is 4.53. The maximum atomic E-state index is 12.3. The van der Waals surface area contributed by atoms with Gasteiger partial charge in [0.15, 0.2) is 18.1 Å². The van der Waals surface area contributed by atoms with Gasteiger partial charge in [0.1, 0.15) is 4.32 Å². The molecule has 0 aromatic heterocycles. The highest BCUT2D eigenvalue weighted by Gasteiger charge is 2.28. The summed E-state index contributed by atoms with van der Waals surface area (Å²) in [7, 11) is 3.21. The van der Waals surface area contributed by atoms with Crippen LogP contribution < -0.4 is 9.47 Å². The lowest BCUT2D eigenvalue weighted by Crippen LogP contribution is -2.38. The Hall–Kier alpha value is -2.06. The van der Waals surface area contributed by atoms with Crippen molar-refractivity contribution in [3.05, 3.63) is 28.7 Å². The van der Waals surface area contributed by atoms with Gasteiger partial charge in [-0.2, -0.15) is 0 Å². The number of amides is 2. The summed E-state index contributed by atoms with van der Waals surface area (Å²) < 4.78 is 11.6. The fourth-order valence-corrected chi connectivity index (χ4v) is 4.14. The number of benzene rings is 1. The molecule has 2 fully saturated rings. The lowest BCUT2D eigenvalue weighted by Gasteiger charge is -2.26. The fraction of sp³-hybridized carbons (Fsp3) is 0.421. The monoisotopic (exact) mass is 406 g/mol. The quantitative estimate of drug-likeness (QED) is 0.554. The topological polar surface area (TPSA) is 59.1 Å². The predicted octanol–water partition coefficient (Wildman–Crippen LogP) is 2.92. The van der Waals surface area contributed by atoms with Crippen molar-refractivity contribution in [3.63, 3.8) is 0 Å². The van der Waals surface area contributed by atoms with Crippen LogP contribution in [0.5, 0.6) is 11.5 Å². The first-order valence-electron chi connectivity index (χ1n) is 8.80. The van der Waals surface area contributed by atoms with Crippen molar-refractivity contribution in [1.29, 1.82) is 0 Å². The van der Waals surface area contributed by atoms with Crippen LogP contribution in [0.25, 0.3) is 6.08 Å². The molecule has 0 saturated carbocycles. The second-order valence-electron chi connectivity index (χ2n) is 6.38. The third-order valence-corrected chi connectivity index (χ3v) is 6.02. The Balaban J connectivity index is 1.68. The number of nitrogens with zero attached hydrogens (tertiary/aromatic N) is 2. The van der Waals surface area contributed by atoms with Gasteiger partial charge < -0.3 is 14.4 Å². The van der Waals surface area contributed by atoms with Crippen LogP contribution in [0.2, 0.25) is 0 Å². The average Bonchev–Trinajstić information content (AvgIpc) is 2.93. The number of carbonyl (C=O) groups excluding carboxylic acids is 2. The molecule has 0 spiro atoms. The van der Waals surface area contributed by atoms with Gasteiger partial charge in [0.2, 0.25) is 0 Å². The van der Waals surface area contributed by atoms with Gasteiger partial charge in [-0.1, -0.05) is 30.0 Å². The first-order chi connectivity index (χ1) is 13.0. The zero-order valence-electron chi connectivity index (χ0n) is 15.4. The van der Waals surface area contributed by atoms with Crippen molar-refractivity contribution in [3.8, 4) is 11.5 Å². The molecule has 0 radical (unpaired) electrons. The first-order valence-corrected chi connectivity index (χ1v) is 10.0. The third kappa shape index (κ3) is 4.62. The number of methoxy groups -OCH3 is 1. The molecule has 27 heavy (non-hydrogen) atoms. The van der Waals surface area contributed by atoms with Gasteiger partial charge in [-0.3, -0.25) is 14.5 Å². The van der Waals surface area contributed by atoms with Gasteiger partial charge in [0.05, 0.1) is 12.0 Å². The van der Waals surface area contributed by atoms with E-state index in [1.54, 1.807) is 32.4 Å². The van der Waals surface area contributed by atoms with Crippen molar-refractivity contribution >= 4 is 46.2 Å². The molecule has 144 valence electrons. The van der Waals surface area contributed by atoms with Crippen molar-refractivity contribution in [2.45, 2.75) is 19.3 Å². The summed E-state index contributed by atoms with van der Waals surface area (Å²) in [4.78, 5) is 28.2. The van der Waals surface area contributed by atoms with Crippen LogP contribution in [0.3, 0.4) is 0 Å². The number of ether oxygens (including phenoxy) is 2. The van der Waals surface area contributed by atoms with Crippen molar-refractivity contribution in [2.75, 3.05) is 33.9 Å². The van der Waals surface area contributed by atoms with Gasteiger partial charge in [0.25, 0.3) is 11.8 Å². The Labute approximate surface area is 168 Å². The standard InChI is InChI=1S/C19H22N2O4S2/c1-20-18(23)16(27-19(20)26)11-13-6-7-14(15(10-13)24-2)25-12-17(22)21-8-4-3-5-9-21/h6-7,10-11H,3-5,8-9,12H2,1-2H3/b16-11-. The first kappa shape index (κ1) is 19.7. The van der Waals surface area contributed by atoms with Gasteiger partial charge in [-0.25, -0.2) is 0 Å². The minimum absolute atomic E-state index is 0.00699. The van der Waals surface area contributed by atoms with Gasteiger partial charge >= 0.3 is 0 Å². The van der Waals surface area contributed by atoms with E-state index in [0.717, 1.165) is 31.5 Å². The fourth-order valence-electron chi connectivity index (χ4n) is 2.96.